The zero-order valence-electron chi connectivity index (χ0n) is 14.8. The number of carboxylic acids is 1. The summed E-state index contributed by atoms with van der Waals surface area (Å²) in [5.41, 5.74) is 3.69. The molecule has 0 radical (unpaired) electrons. The van der Waals surface area contributed by atoms with E-state index in [0.29, 0.717) is 23.9 Å². The second-order valence-corrected chi connectivity index (χ2v) is 6.92. The van der Waals surface area contributed by atoms with Crippen LogP contribution in [0.4, 0.5) is 0 Å². The minimum atomic E-state index is -1.26. The van der Waals surface area contributed by atoms with Crippen molar-refractivity contribution in [2.45, 2.75) is 34.1 Å². The SMILES string of the molecule is Cc1ccc(C)c(OCCNC(=O)Cc2nc(C)c(C(=O)[O-])s2)c1C. The summed E-state index contributed by atoms with van der Waals surface area (Å²) in [6.45, 7) is 8.33. The van der Waals surface area contributed by atoms with Crippen LogP contribution in [0.5, 0.6) is 5.75 Å². The molecule has 0 saturated carbocycles. The molecule has 0 spiro atoms. The van der Waals surface area contributed by atoms with E-state index in [1.54, 1.807) is 6.92 Å². The van der Waals surface area contributed by atoms with Gasteiger partial charge in [-0.2, -0.15) is 0 Å². The average molecular weight is 361 g/mol. The maximum Gasteiger partial charge on any atom is 0.226 e. The number of aromatic carboxylic acids is 1. The lowest BCUT2D eigenvalue weighted by molar-refractivity contribution is -0.254. The first kappa shape index (κ1) is 18.9. The number of rotatable bonds is 7. The van der Waals surface area contributed by atoms with Crippen LogP contribution in [0.2, 0.25) is 0 Å². The van der Waals surface area contributed by atoms with Crippen molar-refractivity contribution in [3.63, 3.8) is 0 Å². The molecule has 25 heavy (non-hydrogen) atoms. The van der Waals surface area contributed by atoms with E-state index in [1.165, 1.54) is 0 Å². The van der Waals surface area contributed by atoms with Crippen molar-refractivity contribution in [3.8, 4) is 5.75 Å². The summed E-state index contributed by atoms with van der Waals surface area (Å²) in [6, 6.07) is 4.06. The van der Waals surface area contributed by atoms with E-state index in [2.05, 4.69) is 16.4 Å². The molecule has 7 heteroatoms. The summed E-state index contributed by atoms with van der Waals surface area (Å²) in [7, 11) is 0. The summed E-state index contributed by atoms with van der Waals surface area (Å²) in [5, 5.41) is 14.1. The molecule has 0 atom stereocenters. The Kier molecular flexibility index (Phi) is 6.14. The molecule has 2 rings (SSSR count). The third kappa shape index (κ3) is 4.79. The number of ether oxygens (including phenoxy) is 1. The van der Waals surface area contributed by atoms with Crippen LogP contribution in [0.25, 0.3) is 0 Å². The van der Waals surface area contributed by atoms with Crippen molar-refractivity contribution >= 4 is 23.2 Å². The minimum absolute atomic E-state index is 0.0429. The number of nitrogens with one attached hydrogen (secondary N) is 1. The molecule has 0 aliphatic heterocycles. The first-order chi connectivity index (χ1) is 11.8. The first-order valence-electron chi connectivity index (χ1n) is 7.93. The van der Waals surface area contributed by atoms with Gasteiger partial charge < -0.3 is 20.0 Å². The maximum atomic E-state index is 11.9. The zero-order valence-corrected chi connectivity index (χ0v) is 15.6. The van der Waals surface area contributed by atoms with Crippen molar-refractivity contribution in [2.75, 3.05) is 13.2 Å². The Morgan fingerprint density at radius 2 is 1.88 bits per heavy atom. The monoisotopic (exact) mass is 361 g/mol. The highest BCUT2D eigenvalue weighted by atomic mass is 32.1. The Hall–Kier alpha value is -2.41. The topological polar surface area (TPSA) is 91.3 Å². The Labute approximate surface area is 150 Å². The van der Waals surface area contributed by atoms with Crippen LogP contribution in [-0.4, -0.2) is 30.0 Å². The molecule has 0 fully saturated rings. The van der Waals surface area contributed by atoms with E-state index in [9.17, 15) is 14.7 Å². The number of aromatic nitrogens is 1. The van der Waals surface area contributed by atoms with Gasteiger partial charge in [0.25, 0.3) is 0 Å². The number of hydrogen-bond acceptors (Lipinski definition) is 6. The lowest BCUT2D eigenvalue weighted by Crippen LogP contribution is -2.29. The second kappa shape index (κ2) is 8.11. The molecule has 134 valence electrons. The number of hydrogen-bond donors (Lipinski definition) is 1. The molecule has 0 aliphatic rings. The summed E-state index contributed by atoms with van der Waals surface area (Å²) in [6.07, 6.45) is 0.0429. The molecule has 6 nitrogen and oxygen atoms in total. The Morgan fingerprint density at radius 1 is 1.20 bits per heavy atom. The summed E-state index contributed by atoms with van der Waals surface area (Å²) in [5.74, 6) is -0.637. The number of carbonyl (C=O) groups excluding carboxylic acids is 2. The van der Waals surface area contributed by atoms with E-state index in [-0.39, 0.29) is 17.2 Å². The van der Waals surface area contributed by atoms with Gasteiger partial charge in [-0.1, -0.05) is 12.1 Å². The third-order valence-electron chi connectivity index (χ3n) is 3.88. The highest BCUT2D eigenvalue weighted by molar-refractivity contribution is 7.13. The van der Waals surface area contributed by atoms with Gasteiger partial charge in [0.05, 0.1) is 29.5 Å². The molecule has 2 aromatic rings. The van der Waals surface area contributed by atoms with Gasteiger partial charge in [0, 0.05) is 0 Å². The van der Waals surface area contributed by atoms with Gasteiger partial charge in [0.15, 0.2) is 0 Å². The zero-order chi connectivity index (χ0) is 18.6. The molecule has 0 saturated heterocycles. The molecule has 0 aliphatic carbocycles. The van der Waals surface area contributed by atoms with Crippen LogP contribution in [0, 0.1) is 27.7 Å². The van der Waals surface area contributed by atoms with Gasteiger partial charge in [-0.3, -0.25) is 4.79 Å². The third-order valence-corrected chi connectivity index (χ3v) is 5.02. The Morgan fingerprint density at radius 3 is 2.52 bits per heavy atom. The van der Waals surface area contributed by atoms with E-state index < -0.39 is 5.97 Å². The highest BCUT2D eigenvalue weighted by Crippen LogP contribution is 2.25. The van der Waals surface area contributed by atoms with Crippen molar-refractivity contribution in [3.05, 3.63) is 44.4 Å². The van der Waals surface area contributed by atoms with Crippen LogP contribution < -0.4 is 15.2 Å². The fraction of sp³-hybridized carbons (Fsp3) is 0.389. The molecule has 1 aromatic heterocycles. The van der Waals surface area contributed by atoms with Gasteiger partial charge in [-0.25, -0.2) is 4.98 Å². The van der Waals surface area contributed by atoms with E-state index in [0.717, 1.165) is 33.8 Å². The van der Waals surface area contributed by atoms with Gasteiger partial charge >= 0.3 is 0 Å². The number of aryl methyl sites for hydroxylation is 3. The molecule has 1 N–H and O–H groups in total. The Balaban J connectivity index is 1.82. The van der Waals surface area contributed by atoms with Gasteiger partial charge in [-0.05, 0) is 44.4 Å². The van der Waals surface area contributed by atoms with Crippen molar-refractivity contribution in [1.82, 2.24) is 10.3 Å². The predicted molar refractivity (Wildman–Crippen MR) is 94.0 cm³/mol. The van der Waals surface area contributed by atoms with Crippen LogP contribution >= 0.6 is 11.3 Å². The molecule has 1 amide bonds. The van der Waals surface area contributed by atoms with E-state index in [1.807, 2.05) is 26.8 Å². The number of benzene rings is 1. The summed E-state index contributed by atoms with van der Waals surface area (Å²) in [4.78, 5) is 27.0. The highest BCUT2D eigenvalue weighted by Gasteiger charge is 2.12. The molecule has 1 aromatic carbocycles. The quantitative estimate of drug-likeness (QED) is 0.754. The van der Waals surface area contributed by atoms with Crippen LogP contribution in [0.15, 0.2) is 12.1 Å². The normalized spacial score (nSPS) is 10.6. The van der Waals surface area contributed by atoms with Crippen LogP contribution in [0.3, 0.4) is 0 Å². The van der Waals surface area contributed by atoms with Crippen LogP contribution in [0.1, 0.15) is 37.1 Å². The summed E-state index contributed by atoms with van der Waals surface area (Å²) < 4.78 is 5.79. The van der Waals surface area contributed by atoms with E-state index >= 15 is 0 Å². The van der Waals surface area contributed by atoms with Gasteiger partial charge in [0.1, 0.15) is 17.4 Å². The van der Waals surface area contributed by atoms with Gasteiger partial charge in [0.2, 0.25) is 5.91 Å². The molecule has 0 bridgehead atoms. The second-order valence-electron chi connectivity index (χ2n) is 5.84. The lowest BCUT2D eigenvalue weighted by Gasteiger charge is -2.14. The molecule has 1 heterocycles. The number of thiazole rings is 1. The van der Waals surface area contributed by atoms with Crippen molar-refractivity contribution in [1.29, 1.82) is 0 Å². The average Bonchev–Trinajstić information content (AvgIpc) is 2.91. The standard InChI is InChI=1S/C18H22N2O4S/c1-10-5-6-11(2)16(12(10)3)24-8-7-19-14(21)9-15-20-13(4)17(25-15)18(22)23/h5-6H,7-9H2,1-4H3,(H,19,21)(H,22,23)/p-1. The largest absolute Gasteiger partial charge is 0.544 e. The minimum Gasteiger partial charge on any atom is -0.544 e. The van der Waals surface area contributed by atoms with Crippen LogP contribution in [-0.2, 0) is 11.2 Å². The molecular formula is C18H21N2O4S-. The fourth-order valence-electron chi connectivity index (χ4n) is 2.41. The number of carboxylic acid groups (broad SMARTS) is 1. The predicted octanol–water partition coefficient (Wildman–Crippen LogP) is 1.48. The first-order valence-corrected chi connectivity index (χ1v) is 8.75. The fourth-order valence-corrected chi connectivity index (χ4v) is 3.31. The lowest BCUT2D eigenvalue weighted by atomic mass is 10.1. The number of nitrogens with zero attached hydrogens (tertiary/aromatic N) is 1. The smallest absolute Gasteiger partial charge is 0.226 e. The Bertz CT molecular complexity index is 799. The number of amides is 1. The summed E-state index contributed by atoms with van der Waals surface area (Å²) >= 11 is 0.972. The molecular weight excluding hydrogens is 340 g/mol. The van der Waals surface area contributed by atoms with Crippen molar-refractivity contribution < 1.29 is 19.4 Å². The molecule has 0 unspecified atom stereocenters. The van der Waals surface area contributed by atoms with Crippen molar-refractivity contribution in [2.24, 2.45) is 0 Å². The van der Waals surface area contributed by atoms with E-state index in [4.69, 9.17) is 4.74 Å². The maximum absolute atomic E-state index is 11.9. The number of carbonyl (C=O) groups is 2. The van der Waals surface area contributed by atoms with Gasteiger partial charge in [-0.15, -0.1) is 11.3 Å².